The average Bonchev–Trinajstić information content (AvgIpc) is 2.79. The summed E-state index contributed by atoms with van der Waals surface area (Å²) in [7, 11) is 0. The molecule has 3 aromatic carbocycles. The van der Waals surface area contributed by atoms with E-state index in [9.17, 15) is 14.9 Å². The molecule has 0 saturated carbocycles. The Morgan fingerprint density at radius 3 is 2.52 bits per heavy atom. The molecular weight excluding hydrogens is 416 g/mol. The van der Waals surface area contributed by atoms with E-state index in [0.717, 1.165) is 4.47 Å². The number of nitro benzene ring substituents is 1. The van der Waals surface area contributed by atoms with Gasteiger partial charge in [-0.3, -0.25) is 14.9 Å². The largest absolute Gasteiger partial charge is 0.456 e. The van der Waals surface area contributed by atoms with E-state index < -0.39 is 10.8 Å². The van der Waals surface area contributed by atoms with Crippen molar-refractivity contribution in [2.45, 2.75) is 0 Å². The standard InChI is InChI=1S/C19H11BrN2O5/c20-11-5-7-13(8-6-11)26-16-9-12(22(24)25)10-17-18(16)19(23)21-14-3-1-2-4-15(14)27-17/h1-10H,(H,21,23). The van der Waals surface area contributed by atoms with Crippen molar-refractivity contribution in [2.24, 2.45) is 0 Å². The predicted molar refractivity (Wildman–Crippen MR) is 102 cm³/mol. The monoisotopic (exact) mass is 426 g/mol. The van der Waals surface area contributed by atoms with Crippen molar-refractivity contribution >= 4 is 33.2 Å². The predicted octanol–water partition coefficient (Wildman–Crippen LogP) is 5.51. The van der Waals surface area contributed by atoms with Gasteiger partial charge in [0.2, 0.25) is 0 Å². The molecule has 1 N–H and O–H groups in total. The van der Waals surface area contributed by atoms with Gasteiger partial charge in [-0.1, -0.05) is 28.1 Å². The van der Waals surface area contributed by atoms with Crippen LogP contribution in [0, 0.1) is 10.1 Å². The summed E-state index contributed by atoms with van der Waals surface area (Å²) < 4.78 is 12.4. The lowest BCUT2D eigenvalue weighted by Gasteiger charge is -2.12. The van der Waals surface area contributed by atoms with Crippen LogP contribution in [-0.4, -0.2) is 10.8 Å². The Morgan fingerprint density at radius 1 is 1.04 bits per heavy atom. The number of halogens is 1. The van der Waals surface area contributed by atoms with Crippen LogP contribution in [-0.2, 0) is 0 Å². The quantitative estimate of drug-likeness (QED) is 0.440. The molecule has 0 aromatic heterocycles. The number of non-ortho nitro benzene ring substituents is 1. The number of carbonyl (C=O) groups excluding carboxylic acids is 1. The summed E-state index contributed by atoms with van der Waals surface area (Å²) in [6, 6.07) is 16.1. The minimum absolute atomic E-state index is 0.0341. The molecule has 0 fully saturated rings. The Balaban J connectivity index is 1.85. The number of nitro groups is 1. The number of nitrogens with one attached hydrogen (secondary N) is 1. The molecule has 0 aliphatic carbocycles. The zero-order chi connectivity index (χ0) is 19.0. The summed E-state index contributed by atoms with van der Waals surface area (Å²) in [5.41, 5.74) is 0.309. The Bertz CT molecular complexity index is 1070. The number of rotatable bonds is 3. The molecular formula is C19H11BrN2O5. The van der Waals surface area contributed by atoms with Crippen LogP contribution in [0.4, 0.5) is 11.4 Å². The lowest BCUT2D eigenvalue weighted by Crippen LogP contribution is -2.12. The third-order valence-electron chi connectivity index (χ3n) is 3.89. The normalized spacial score (nSPS) is 12.1. The highest BCUT2D eigenvalue weighted by Crippen LogP contribution is 2.42. The van der Waals surface area contributed by atoms with E-state index >= 15 is 0 Å². The highest BCUT2D eigenvalue weighted by molar-refractivity contribution is 9.10. The van der Waals surface area contributed by atoms with Gasteiger partial charge in [0.1, 0.15) is 11.3 Å². The van der Waals surface area contributed by atoms with Crippen LogP contribution in [0.2, 0.25) is 0 Å². The van der Waals surface area contributed by atoms with Gasteiger partial charge in [-0.25, -0.2) is 0 Å². The molecule has 3 aromatic rings. The van der Waals surface area contributed by atoms with Crippen molar-refractivity contribution in [3.05, 3.63) is 80.8 Å². The van der Waals surface area contributed by atoms with Crippen LogP contribution in [0.15, 0.2) is 65.1 Å². The second-order valence-electron chi connectivity index (χ2n) is 5.68. The fraction of sp³-hybridized carbons (Fsp3) is 0. The second-order valence-corrected chi connectivity index (χ2v) is 6.60. The van der Waals surface area contributed by atoms with Crippen LogP contribution in [0.25, 0.3) is 0 Å². The van der Waals surface area contributed by atoms with Crippen LogP contribution < -0.4 is 14.8 Å². The molecule has 1 aliphatic rings. The fourth-order valence-corrected chi connectivity index (χ4v) is 2.92. The van der Waals surface area contributed by atoms with Crippen molar-refractivity contribution in [1.29, 1.82) is 0 Å². The van der Waals surface area contributed by atoms with Crippen molar-refractivity contribution in [1.82, 2.24) is 0 Å². The molecule has 8 heteroatoms. The number of hydrogen-bond donors (Lipinski definition) is 1. The molecule has 134 valence electrons. The van der Waals surface area contributed by atoms with Gasteiger partial charge >= 0.3 is 0 Å². The van der Waals surface area contributed by atoms with E-state index in [1.54, 1.807) is 48.5 Å². The molecule has 0 atom stereocenters. The number of carbonyl (C=O) groups is 1. The number of benzene rings is 3. The van der Waals surface area contributed by atoms with Crippen molar-refractivity contribution in [2.75, 3.05) is 5.32 Å². The van der Waals surface area contributed by atoms with Crippen molar-refractivity contribution in [3.8, 4) is 23.0 Å². The fourth-order valence-electron chi connectivity index (χ4n) is 2.66. The molecule has 0 spiro atoms. The van der Waals surface area contributed by atoms with E-state index in [1.807, 2.05) is 0 Å². The molecule has 0 radical (unpaired) electrons. The number of anilines is 1. The molecule has 1 aliphatic heterocycles. The third kappa shape index (κ3) is 3.34. The van der Waals surface area contributed by atoms with E-state index in [1.165, 1.54) is 12.1 Å². The summed E-state index contributed by atoms with van der Waals surface area (Å²) in [4.78, 5) is 23.5. The summed E-state index contributed by atoms with van der Waals surface area (Å²) in [6.07, 6.45) is 0. The Kier molecular flexibility index (Phi) is 4.25. The first kappa shape index (κ1) is 17.0. The van der Waals surface area contributed by atoms with Gasteiger partial charge in [-0.05, 0) is 36.4 Å². The van der Waals surface area contributed by atoms with E-state index in [4.69, 9.17) is 9.47 Å². The maximum atomic E-state index is 12.8. The highest BCUT2D eigenvalue weighted by atomic mass is 79.9. The van der Waals surface area contributed by atoms with Gasteiger partial charge in [0.15, 0.2) is 17.2 Å². The van der Waals surface area contributed by atoms with Gasteiger partial charge in [-0.15, -0.1) is 0 Å². The summed E-state index contributed by atoms with van der Waals surface area (Å²) >= 11 is 3.33. The highest BCUT2D eigenvalue weighted by Gasteiger charge is 2.28. The molecule has 0 saturated heterocycles. The van der Waals surface area contributed by atoms with Crippen LogP contribution in [0.5, 0.6) is 23.0 Å². The maximum Gasteiger partial charge on any atom is 0.276 e. The van der Waals surface area contributed by atoms with Gasteiger partial charge in [0, 0.05) is 4.47 Å². The zero-order valence-electron chi connectivity index (χ0n) is 13.6. The zero-order valence-corrected chi connectivity index (χ0v) is 15.2. The van der Waals surface area contributed by atoms with Crippen LogP contribution >= 0.6 is 15.9 Å². The van der Waals surface area contributed by atoms with Crippen LogP contribution in [0.3, 0.4) is 0 Å². The molecule has 1 amide bonds. The average molecular weight is 427 g/mol. The Morgan fingerprint density at radius 2 is 1.78 bits per heavy atom. The summed E-state index contributed by atoms with van der Waals surface area (Å²) in [5.74, 6) is 0.428. The molecule has 7 nitrogen and oxygen atoms in total. The molecule has 4 rings (SSSR count). The smallest absolute Gasteiger partial charge is 0.276 e. The van der Waals surface area contributed by atoms with E-state index in [-0.39, 0.29) is 22.7 Å². The van der Waals surface area contributed by atoms with Gasteiger partial charge in [0.05, 0.1) is 22.7 Å². The number of para-hydroxylation sites is 2. The lowest BCUT2D eigenvalue weighted by molar-refractivity contribution is -0.385. The van der Waals surface area contributed by atoms with Crippen LogP contribution in [0.1, 0.15) is 10.4 Å². The number of amides is 1. The first-order valence-electron chi connectivity index (χ1n) is 7.85. The van der Waals surface area contributed by atoms with E-state index in [0.29, 0.717) is 17.2 Å². The van der Waals surface area contributed by atoms with Gasteiger partial charge in [-0.2, -0.15) is 0 Å². The molecule has 0 unspecified atom stereocenters. The number of nitrogens with zero attached hydrogens (tertiary/aromatic N) is 1. The van der Waals surface area contributed by atoms with Crippen molar-refractivity contribution in [3.63, 3.8) is 0 Å². The molecule has 1 heterocycles. The lowest BCUT2D eigenvalue weighted by atomic mass is 10.1. The van der Waals surface area contributed by atoms with E-state index in [2.05, 4.69) is 21.2 Å². The van der Waals surface area contributed by atoms with Gasteiger partial charge < -0.3 is 14.8 Å². The minimum Gasteiger partial charge on any atom is -0.456 e. The third-order valence-corrected chi connectivity index (χ3v) is 4.41. The number of hydrogen-bond acceptors (Lipinski definition) is 5. The SMILES string of the molecule is O=C1Nc2ccccc2Oc2cc([N+](=O)[O-])cc(Oc3ccc(Br)cc3)c21. The Hall–Kier alpha value is -3.39. The van der Waals surface area contributed by atoms with Crippen molar-refractivity contribution < 1.29 is 19.2 Å². The first-order valence-corrected chi connectivity index (χ1v) is 8.64. The number of ether oxygens (including phenoxy) is 2. The Labute approximate surface area is 161 Å². The summed E-state index contributed by atoms with van der Waals surface area (Å²) in [6.45, 7) is 0. The van der Waals surface area contributed by atoms with Gasteiger partial charge in [0.25, 0.3) is 11.6 Å². The number of fused-ring (bicyclic) bond motifs is 2. The molecule has 0 bridgehead atoms. The topological polar surface area (TPSA) is 90.7 Å². The second kappa shape index (κ2) is 6.73. The first-order chi connectivity index (χ1) is 13.0. The molecule has 27 heavy (non-hydrogen) atoms. The summed E-state index contributed by atoms with van der Waals surface area (Å²) in [5, 5.41) is 14.1. The maximum absolute atomic E-state index is 12.8. The minimum atomic E-state index is -0.563.